The van der Waals surface area contributed by atoms with Gasteiger partial charge in [0.05, 0.1) is 16.8 Å². The molecule has 0 radical (unpaired) electrons. The van der Waals surface area contributed by atoms with Gasteiger partial charge in [0.25, 0.3) is 5.69 Å². The molecule has 1 saturated heterocycles. The van der Waals surface area contributed by atoms with Crippen molar-refractivity contribution in [3.05, 3.63) is 45.2 Å². The third-order valence-corrected chi connectivity index (χ3v) is 4.19. The maximum Gasteiger partial charge on any atom is 0.293 e. The molecule has 1 fully saturated rings. The van der Waals surface area contributed by atoms with Crippen LogP contribution in [0.5, 0.6) is 0 Å². The van der Waals surface area contributed by atoms with Gasteiger partial charge < -0.3 is 10.2 Å². The monoisotopic (exact) mass is 379 g/mol. The zero-order valence-corrected chi connectivity index (χ0v) is 13.9. The summed E-state index contributed by atoms with van der Waals surface area (Å²) in [5.41, 5.74) is 1.00. The minimum absolute atomic E-state index is 0.0630. The van der Waals surface area contributed by atoms with Crippen LogP contribution in [0.4, 0.5) is 17.1 Å². The van der Waals surface area contributed by atoms with Gasteiger partial charge in [0.15, 0.2) is 0 Å². The number of halogens is 1. The van der Waals surface area contributed by atoms with Gasteiger partial charge in [0.2, 0.25) is 5.91 Å². The number of carbonyl (C=O) groups is 1. The largest absolute Gasteiger partial charge is 0.368 e. The van der Waals surface area contributed by atoms with Crippen LogP contribution in [-0.4, -0.2) is 33.2 Å². The van der Waals surface area contributed by atoms with E-state index in [2.05, 4.69) is 26.3 Å². The van der Waals surface area contributed by atoms with Gasteiger partial charge in [-0.3, -0.25) is 19.6 Å². The zero-order chi connectivity index (χ0) is 16.6. The predicted octanol–water partition coefficient (Wildman–Crippen LogP) is 2.31. The number of hydrogen-bond donors (Lipinski definition) is 1. The van der Waals surface area contributed by atoms with Crippen molar-refractivity contribution in [2.75, 3.05) is 16.8 Å². The van der Waals surface area contributed by atoms with Crippen molar-refractivity contribution in [2.24, 2.45) is 7.05 Å². The van der Waals surface area contributed by atoms with Crippen molar-refractivity contribution in [1.29, 1.82) is 0 Å². The van der Waals surface area contributed by atoms with Gasteiger partial charge in [-0.05, 0) is 18.6 Å². The van der Waals surface area contributed by atoms with E-state index in [9.17, 15) is 14.9 Å². The highest BCUT2D eigenvalue weighted by molar-refractivity contribution is 9.10. The van der Waals surface area contributed by atoms with E-state index in [1.54, 1.807) is 41.2 Å². The van der Waals surface area contributed by atoms with Crippen LogP contribution >= 0.6 is 15.9 Å². The molecule has 1 unspecified atom stereocenters. The Kier molecular flexibility index (Phi) is 4.03. The third kappa shape index (κ3) is 3.04. The van der Waals surface area contributed by atoms with E-state index in [1.807, 2.05) is 0 Å². The fourth-order valence-electron chi connectivity index (χ4n) is 2.58. The fraction of sp³-hybridized carbons (Fsp3) is 0.286. The van der Waals surface area contributed by atoms with Crippen LogP contribution in [0.2, 0.25) is 0 Å². The van der Waals surface area contributed by atoms with Crippen LogP contribution in [0.1, 0.15) is 6.42 Å². The first-order chi connectivity index (χ1) is 11.0. The van der Waals surface area contributed by atoms with Gasteiger partial charge in [-0.1, -0.05) is 15.9 Å². The van der Waals surface area contributed by atoms with Crippen LogP contribution in [0.25, 0.3) is 0 Å². The first-order valence-electron chi connectivity index (χ1n) is 6.96. The molecule has 2 aromatic rings. The summed E-state index contributed by atoms with van der Waals surface area (Å²) in [6.45, 7) is 0.548. The van der Waals surface area contributed by atoms with Crippen molar-refractivity contribution >= 4 is 38.9 Å². The van der Waals surface area contributed by atoms with Crippen LogP contribution in [-0.2, 0) is 11.8 Å². The number of anilines is 2. The molecule has 120 valence electrons. The molecule has 1 aromatic heterocycles. The van der Waals surface area contributed by atoms with E-state index in [0.29, 0.717) is 23.1 Å². The molecule has 1 aliphatic heterocycles. The lowest BCUT2D eigenvalue weighted by molar-refractivity contribution is -0.384. The van der Waals surface area contributed by atoms with E-state index < -0.39 is 11.0 Å². The lowest BCUT2D eigenvalue weighted by Crippen LogP contribution is -2.33. The molecule has 0 spiro atoms. The quantitative estimate of drug-likeness (QED) is 0.649. The second-order valence-electron chi connectivity index (χ2n) is 5.27. The minimum atomic E-state index is -0.491. The molecule has 0 bridgehead atoms. The van der Waals surface area contributed by atoms with Crippen molar-refractivity contribution in [3.8, 4) is 0 Å². The topological polar surface area (TPSA) is 93.3 Å². The van der Waals surface area contributed by atoms with Crippen LogP contribution in [0.15, 0.2) is 35.1 Å². The molecule has 0 aliphatic carbocycles. The minimum Gasteiger partial charge on any atom is -0.368 e. The number of nitro groups is 1. The van der Waals surface area contributed by atoms with Crippen molar-refractivity contribution in [1.82, 2.24) is 9.78 Å². The van der Waals surface area contributed by atoms with E-state index in [4.69, 9.17) is 0 Å². The molecule has 1 aromatic carbocycles. The van der Waals surface area contributed by atoms with Crippen molar-refractivity contribution in [3.63, 3.8) is 0 Å². The Labute approximate surface area is 140 Å². The van der Waals surface area contributed by atoms with Crippen LogP contribution < -0.4 is 10.2 Å². The van der Waals surface area contributed by atoms with E-state index >= 15 is 0 Å². The average molecular weight is 380 g/mol. The molecule has 1 atom stereocenters. The maximum absolute atomic E-state index is 12.5. The molecule has 23 heavy (non-hydrogen) atoms. The van der Waals surface area contributed by atoms with Gasteiger partial charge in [-0.15, -0.1) is 0 Å². The summed E-state index contributed by atoms with van der Waals surface area (Å²) in [5, 5.41) is 18.2. The number of aromatic nitrogens is 2. The number of nitro benzene ring substituents is 1. The number of benzene rings is 1. The molecule has 1 N–H and O–H groups in total. The van der Waals surface area contributed by atoms with Crippen molar-refractivity contribution in [2.45, 2.75) is 12.5 Å². The molecule has 8 nitrogen and oxygen atoms in total. The molecule has 1 amide bonds. The molecule has 2 heterocycles. The maximum atomic E-state index is 12.5. The Morgan fingerprint density at radius 3 is 2.91 bits per heavy atom. The average Bonchev–Trinajstić information content (AvgIpc) is 3.07. The van der Waals surface area contributed by atoms with Gasteiger partial charge in [0, 0.05) is 30.3 Å². The summed E-state index contributed by atoms with van der Waals surface area (Å²) in [6, 6.07) is 4.23. The van der Waals surface area contributed by atoms with Gasteiger partial charge in [-0.2, -0.15) is 5.10 Å². The highest BCUT2D eigenvalue weighted by Crippen LogP contribution is 2.30. The molecule has 9 heteroatoms. The van der Waals surface area contributed by atoms with Crippen molar-refractivity contribution < 1.29 is 9.72 Å². The number of carbonyl (C=O) groups excluding carboxylic acids is 1. The Morgan fingerprint density at radius 1 is 1.48 bits per heavy atom. The molecular weight excluding hydrogens is 366 g/mol. The number of hydrogen-bond acceptors (Lipinski definition) is 5. The Balaban J connectivity index is 1.80. The third-order valence-electron chi connectivity index (χ3n) is 3.69. The summed E-state index contributed by atoms with van der Waals surface area (Å²) in [7, 11) is 1.78. The number of rotatable bonds is 4. The SMILES string of the molecule is Cn1cc(N2CCC(Nc3ccc(Br)cc3[N+](=O)[O-])C2=O)cn1. The van der Waals surface area contributed by atoms with Gasteiger partial charge >= 0.3 is 0 Å². The lowest BCUT2D eigenvalue weighted by atomic mass is 10.2. The molecular formula is C14H14BrN5O3. The summed E-state index contributed by atoms with van der Waals surface area (Å²) in [6.07, 6.45) is 3.96. The molecule has 0 saturated carbocycles. The normalized spacial score (nSPS) is 17.6. The lowest BCUT2D eigenvalue weighted by Gasteiger charge is -2.16. The fourth-order valence-corrected chi connectivity index (χ4v) is 2.93. The highest BCUT2D eigenvalue weighted by Gasteiger charge is 2.34. The first-order valence-corrected chi connectivity index (χ1v) is 7.75. The summed E-state index contributed by atoms with van der Waals surface area (Å²) < 4.78 is 2.24. The Bertz CT molecular complexity index is 776. The number of nitrogens with zero attached hydrogens (tertiary/aromatic N) is 4. The zero-order valence-electron chi connectivity index (χ0n) is 12.3. The Morgan fingerprint density at radius 2 is 2.26 bits per heavy atom. The molecule has 3 rings (SSSR count). The van der Waals surface area contributed by atoms with Crippen LogP contribution in [0.3, 0.4) is 0 Å². The summed E-state index contributed by atoms with van der Waals surface area (Å²) >= 11 is 3.21. The number of aryl methyl sites for hydroxylation is 1. The Hall–Kier alpha value is -2.42. The number of nitrogens with one attached hydrogen (secondary N) is 1. The highest BCUT2D eigenvalue weighted by atomic mass is 79.9. The second kappa shape index (κ2) is 5.99. The second-order valence-corrected chi connectivity index (χ2v) is 6.18. The summed E-state index contributed by atoms with van der Waals surface area (Å²) in [5.74, 6) is -0.116. The molecule has 1 aliphatic rings. The van der Waals surface area contributed by atoms with Crippen LogP contribution in [0, 0.1) is 10.1 Å². The van der Waals surface area contributed by atoms with Gasteiger partial charge in [-0.25, -0.2) is 0 Å². The van der Waals surface area contributed by atoms with E-state index in [1.165, 1.54) is 6.07 Å². The van der Waals surface area contributed by atoms with E-state index in [0.717, 1.165) is 5.69 Å². The van der Waals surface area contributed by atoms with E-state index in [-0.39, 0.29) is 11.6 Å². The standard InChI is InChI=1S/C14H14BrN5O3/c1-18-8-10(7-16-18)19-5-4-12(14(19)21)17-11-3-2-9(15)6-13(11)20(22)23/h2-3,6-8,12,17H,4-5H2,1H3. The van der Waals surface area contributed by atoms with Gasteiger partial charge in [0.1, 0.15) is 11.7 Å². The number of amides is 1. The first kappa shape index (κ1) is 15.5. The predicted molar refractivity (Wildman–Crippen MR) is 88.4 cm³/mol. The summed E-state index contributed by atoms with van der Waals surface area (Å²) in [4.78, 5) is 24.8. The smallest absolute Gasteiger partial charge is 0.293 e.